The molecule has 1 aliphatic heterocycles. The van der Waals surface area contributed by atoms with Gasteiger partial charge >= 0.3 is 0 Å². The Morgan fingerprint density at radius 3 is 2.62 bits per heavy atom. The van der Waals surface area contributed by atoms with Crippen molar-refractivity contribution in [2.24, 2.45) is 4.99 Å². The predicted octanol–water partition coefficient (Wildman–Crippen LogP) is 2.33. The molecule has 1 aliphatic rings. The van der Waals surface area contributed by atoms with E-state index >= 15 is 0 Å². The lowest BCUT2D eigenvalue weighted by atomic mass is 10.1. The first-order valence-corrected chi connectivity index (χ1v) is 11.3. The summed E-state index contributed by atoms with van der Waals surface area (Å²) in [5, 5.41) is 7.68. The van der Waals surface area contributed by atoms with Crippen LogP contribution in [0.4, 0.5) is 0 Å². The maximum atomic E-state index is 12.1. The topological polar surface area (TPSA) is 86.7 Å². The third-order valence-corrected chi connectivity index (χ3v) is 7.01. The third-order valence-electron chi connectivity index (χ3n) is 4.04. The van der Waals surface area contributed by atoms with E-state index in [0.717, 1.165) is 30.4 Å². The number of piperidine rings is 1. The number of rotatable bonds is 7. The van der Waals surface area contributed by atoms with Crippen molar-refractivity contribution >= 4 is 51.3 Å². The molecule has 1 saturated heterocycles. The van der Waals surface area contributed by atoms with Gasteiger partial charge in [0, 0.05) is 36.8 Å². The molecule has 26 heavy (non-hydrogen) atoms. The predicted molar refractivity (Wildman–Crippen MR) is 119 cm³/mol. The van der Waals surface area contributed by atoms with Gasteiger partial charge in [0.2, 0.25) is 10.0 Å². The zero-order valence-corrected chi connectivity index (χ0v) is 19.7. The number of guanidine groups is 1. The van der Waals surface area contributed by atoms with Gasteiger partial charge < -0.3 is 10.6 Å². The Hall–Kier alpha value is -0.460. The molecule has 1 aromatic rings. The van der Waals surface area contributed by atoms with Crippen molar-refractivity contribution in [3.63, 3.8) is 0 Å². The molecule has 0 saturated carbocycles. The van der Waals surface area contributed by atoms with Crippen molar-refractivity contribution in [3.05, 3.63) is 16.1 Å². The number of halogens is 1. The minimum atomic E-state index is -3.09. The number of hydrogen-bond acceptors (Lipinski definition) is 5. The molecule has 0 amide bonds. The standard InChI is InChI=1S/C16H29N5O2S2.HI/c1-4-10-25(22,23)21-8-6-14(7-9-21)20-16(17-5-2)19-12-15-18-11-13(3)24-15;/h11,14H,4-10,12H2,1-3H3,(H2,17,19,20);1H. The van der Waals surface area contributed by atoms with E-state index in [4.69, 9.17) is 0 Å². The van der Waals surface area contributed by atoms with Gasteiger partial charge in [0.15, 0.2) is 5.96 Å². The first kappa shape index (κ1) is 23.6. The summed E-state index contributed by atoms with van der Waals surface area (Å²) in [5.74, 6) is 1.01. The maximum absolute atomic E-state index is 12.1. The van der Waals surface area contributed by atoms with Crippen LogP contribution in [0.25, 0.3) is 0 Å². The number of sulfonamides is 1. The Balaban J connectivity index is 0.00000338. The highest BCUT2D eigenvalue weighted by molar-refractivity contribution is 14.0. The molecular formula is C16H30IN5O2S2. The van der Waals surface area contributed by atoms with Crippen LogP contribution < -0.4 is 10.6 Å². The molecule has 1 fully saturated rings. The molecule has 2 heterocycles. The summed E-state index contributed by atoms with van der Waals surface area (Å²) in [4.78, 5) is 10.1. The van der Waals surface area contributed by atoms with Gasteiger partial charge in [0.05, 0.1) is 12.3 Å². The van der Waals surface area contributed by atoms with Gasteiger partial charge in [-0.25, -0.2) is 22.7 Å². The smallest absolute Gasteiger partial charge is 0.214 e. The lowest BCUT2D eigenvalue weighted by Gasteiger charge is -2.32. The molecule has 0 bridgehead atoms. The number of aromatic nitrogens is 1. The minimum Gasteiger partial charge on any atom is -0.357 e. The fourth-order valence-electron chi connectivity index (χ4n) is 2.80. The van der Waals surface area contributed by atoms with E-state index in [9.17, 15) is 8.42 Å². The second-order valence-corrected chi connectivity index (χ2v) is 9.60. The van der Waals surface area contributed by atoms with Gasteiger partial charge in [-0.2, -0.15) is 0 Å². The molecule has 1 aromatic heterocycles. The SMILES string of the molecule is CCCS(=O)(=O)N1CCC(NC(=NCc2ncc(C)s2)NCC)CC1.I. The van der Waals surface area contributed by atoms with Crippen molar-refractivity contribution in [2.45, 2.75) is 52.6 Å². The van der Waals surface area contributed by atoms with Gasteiger partial charge in [0.25, 0.3) is 0 Å². The van der Waals surface area contributed by atoms with Crippen molar-refractivity contribution in [1.82, 2.24) is 19.9 Å². The highest BCUT2D eigenvalue weighted by Gasteiger charge is 2.27. The Morgan fingerprint density at radius 2 is 2.08 bits per heavy atom. The summed E-state index contributed by atoms with van der Waals surface area (Å²) < 4.78 is 25.9. The van der Waals surface area contributed by atoms with Crippen LogP contribution in [0.3, 0.4) is 0 Å². The van der Waals surface area contributed by atoms with Gasteiger partial charge in [-0.05, 0) is 33.1 Å². The maximum Gasteiger partial charge on any atom is 0.214 e. The van der Waals surface area contributed by atoms with Crippen molar-refractivity contribution in [1.29, 1.82) is 0 Å². The average Bonchev–Trinajstić information content (AvgIpc) is 2.99. The van der Waals surface area contributed by atoms with Crippen molar-refractivity contribution in [3.8, 4) is 0 Å². The lowest BCUT2D eigenvalue weighted by Crippen LogP contribution is -2.50. The largest absolute Gasteiger partial charge is 0.357 e. The van der Waals surface area contributed by atoms with Crippen LogP contribution in [0.2, 0.25) is 0 Å². The quantitative estimate of drug-likeness (QED) is 0.331. The minimum absolute atomic E-state index is 0. The molecule has 2 N–H and O–H groups in total. The molecule has 0 unspecified atom stereocenters. The molecule has 0 radical (unpaired) electrons. The van der Waals surface area contributed by atoms with Crippen LogP contribution in [0.1, 0.15) is 43.0 Å². The van der Waals surface area contributed by atoms with E-state index in [1.54, 1.807) is 15.6 Å². The Bertz CT molecular complexity index is 670. The fraction of sp³-hybridized carbons (Fsp3) is 0.750. The van der Waals surface area contributed by atoms with E-state index in [0.29, 0.717) is 26.1 Å². The molecular weight excluding hydrogens is 485 g/mol. The number of thiazole rings is 1. The molecule has 10 heteroatoms. The fourth-order valence-corrected chi connectivity index (χ4v) is 5.05. The van der Waals surface area contributed by atoms with Crippen LogP contribution in [0.15, 0.2) is 11.2 Å². The summed E-state index contributed by atoms with van der Waals surface area (Å²) in [7, 11) is -3.09. The molecule has 150 valence electrons. The van der Waals surface area contributed by atoms with E-state index in [1.165, 1.54) is 4.88 Å². The second-order valence-electron chi connectivity index (χ2n) is 6.19. The van der Waals surface area contributed by atoms with Crippen LogP contribution in [-0.2, 0) is 16.6 Å². The summed E-state index contributed by atoms with van der Waals surface area (Å²) in [6, 6.07) is 0.240. The van der Waals surface area contributed by atoms with E-state index < -0.39 is 10.0 Å². The molecule has 0 aromatic carbocycles. The number of nitrogens with zero attached hydrogens (tertiary/aromatic N) is 3. The second kappa shape index (κ2) is 11.4. The summed E-state index contributed by atoms with van der Waals surface area (Å²) in [5.41, 5.74) is 0. The van der Waals surface area contributed by atoms with Crippen LogP contribution in [0, 0.1) is 6.92 Å². The van der Waals surface area contributed by atoms with Crippen molar-refractivity contribution in [2.75, 3.05) is 25.4 Å². The number of aryl methyl sites for hydroxylation is 1. The molecule has 2 rings (SSSR count). The number of aliphatic imine (C=N–C) groups is 1. The van der Waals surface area contributed by atoms with E-state index in [1.807, 2.05) is 27.0 Å². The van der Waals surface area contributed by atoms with Crippen LogP contribution in [0.5, 0.6) is 0 Å². The molecule has 7 nitrogen and oxygen atoms in total. The van der Waals surface area contributed by atoms with Gasteiger partial charge in [0.1, 0.15) is 5.01 Å². The summed E-state index contributed by atoms with van der Waals surface area (Å²) >= 11 is 1.65. The molecule has 0 atom stereocenters. The summed E-state index contributed by atoms with van der Waals surface area (Å²) in [6.45, 7) is 8.45. The van der Waals surface area contributed by atoms with E-state index in [-0.39, 0.29) is 35.8 Å². The van der Waals surface area contributed by atoms with Crippen LogP contribution in [-0.4, -0.2) is 55.1 Å². The van der Waals surface area contributed by atoms with Gasteiger partial charge in [-0.3, -0.25) is 0 Å². The Morgan fingerprint density at radius 1 is 1.38 bits per heavy atom. The zero-order valence-electron chi connectivity index (χ0n) is 15.7. The normalized spacial score (nSPS) is 17.0. The molecule has 0 aliphatic carbocycles. The molecule has 0 spiro atoms. The van der Waals surface area contributed by atoms with Gasteiger partial charge in [-0.15, -0.1) is 35.3 Å². The lowest BCUT2D eigenvalue weighted by molar-refractivity contribution is 0.306. The van der Waals surface area contributed by atoms with Crippen LogP contribution >= 0.6 is 35.3 Å². The third kappa shape index (κ3) is 7.28. The van der Waals surface area contributed by atoms with E-state index in [2.05, 4.69) is 20.6 Å². The average molecular weight is 515 g/mol. The summed E-state index contributed by atoms with van der Waals surface area (Å²) in [6.07, 6.45) is 4.11. The monoisotopic (exact) mass is 515 g/mol. The highest BCUT2D eigenvalue weighted by Crippen LogP contribution is 2.15. The van der Waals surface area contributed by atoms with Gasteiger partial charge in [-0.1, -0.05) is 6.92 Å². The Labute approximate surface area is 178 Å². The van der Waals surface area contributed by atoms with Crippen molar-refractivity contribution < 1.29 is 8.42 Å². The Kier molecular flexibility index (Phi) is 10.3. The first-order chi connectivity index (χ1) is 11.9. The first-order valence-electron chi connectivity index (χ1n) is 8.88. The number of nitrogens with one attached hydrogen (secondary N) is 2. The zero-order chi connectivity index (χ0) is 18.3. The number of hydrogen-bond donors (Lipinski definition) is 2. The highest BCUT2D eigenvalue weighted by atomic mass is 127.